The van der Waals surface area contributed by atoms with Gasteiger partial charge in [-0.15, -0.1) is 0 Å². The van der Waals surface area contributed by atoms with Gasteiger partial charge >= 0.3 is 5.97 Å². The molecule has 1 aliphatic heterocycles. The number of esters is 1. The van der Waals surface area contributed by atoms with Gasteiger partial charge in [-0.2, -0.15) is 0 Å². The first kappa shape index (κ1) is 20.7. The molecule has 0 bridgehead atoms. The highest BCUT2D eigenvalue weighted by Gasteiger charge is 2.58. The number of carbonyl (C=O) groups is 2. The first-order valence-corrected chi connectivity index (χ1v) is 12.5. The third-order valence-corrected chi connectivity index (χ3v) is 9.90. The zero-order valence-electron chi connectivity index (χ0n) is 19.0. The summed E-state index contributed by atoms with van der Waals surface area (Å²) in [5.74, 6) is 2.47. The molecule has 5 rings (SSSR count). The SMILES string of the molecule is C[C@@]12CC[C@@H]3[C@H](CC=C4C[C@@H](OC(=O)CCN5CCCC5)CC[C@@]43C)[C@H]1CCC2=O. The van der Waals surface area contributed by atoms with Crippen LogP contribution in [0.25, 0.3) is 0 Å². The Morgan fingerprint density at radius 3 is 2.63 bits per heavy atom. The minimum atomic E-state index is -0.0507. The maximum absolute atomic E-state index is 12.6. The van der Waals surface area contributed by atoms with Gasteiger partial charge in [0.25, 0.3) is 0 Å². The fourth-order valence-electron chi connectivity index (χ4n) is 8.00. The minimum absolute atomic E-state index is 0.0114. The molecule has 0 aromatic rings. The Morgan fingerprint density at radius 1 is 1.10 bits per heavy atom. The summed E-state index contributed by atoms with van der Waals surface area (Å²) in [7, 11) is 0. The number of Topliss-reactive ketones (excluding diaryl/α,β-unsaturated/α-hetero) is 1. The lowest BCUT2D eigenvalue weighted by Crippen LogP contribution is -2.50. The van der Waals surface area contributed by atoms with Crippen LogP contribution in [0.15, 0.2) is 11.6 Å². The minimum Gasteiger partial charge on any atom is -0.462 e. The quantitative estimate of drug-likeness (QED) is 0.485. The molecule has 0 unspecified atom stereocenters. The van der Waals surface area contributed by atoms with E-state index < -0.39 is 0 Å². The predicted octanol–water partition coefficient (Wildman–Crippen LogP) is 4.92. The van der Waals surface area contributed by atoms with Crippen molar-refractivity contribution < 1.29 is 14.3 Å². The van der Waals surface area contributed by atoms with Gasteiger partial charge in [-0.05, 0) is 87.6 Å². The first-order chi connectivity index (χ1) is 14.4. The fraction of sp³-hybridized carbons (Fsp3) is 0.846. The van der Waals surface area contributed by atoms with E-state index in [-0.39, 0.29) is 22.9 Å². The summed E-state index contributed by atoms with van der Waals surface area (Å²) in [6.07, 6.45) is 14.0. The van der Waals surface area contributed by atoms with Crippen molar-refractivity contribution in [3.63, 3.8) is 0 Å². The van der Waals surface area contributed by atoms with Crippen LogP contribution in [0.3, 0.4) is 0 Å². The summed E-state index contributed by atoms with van der Waals surface area (Å²) in [6, 6.07) is 0. The molecular formula is C26H39NO3. The van der Waals surface area contributed by atoms with E-state index in [2.05, 4.69) is 24.8 Å². The van der Waals surface area contributed by atoms with E-state index >= 15 is 0 Å². The second-order valence-corrected chi connectivity index (χ2v) is 11.3. The molecule has 166 valence electrons. The number of hydrogen-bond acceptors (Lipinski definition) is 4. The van der Waals surface area contributed by atoms with Gasteiger partial charge in [0.2, 0.25) is 0 Å². The van der Waals surface area contributed by atoms with E-state index in [1.165, 1.54) is 19.3 Å². The van der Waals surface area contributed by atoms with Crippen LogP contribution >= 0.6 is 0 Å². The number of ketones is 1. The summed E-state index contributed by atoms with van der Waals surface area (Å²) in [6.45, 7) is 7.85. The van der Waals surface area contributed by atoms with Crippen LogP contribution in [-0.2, 0) is 14.3 Å². The average Bonchev–Trinajstić information content (AvgIpc) is 3.35. The molecule has 4 heteroatoms. The second-order valence-electron chi connectivity index (χ2n) is 11.3. The van der Waals surface area contributed by atoms with Gasteiger partial charge in [0, 0.05) is 24.8 Å². The number of rotatable bonds is 4. The first-order valence-electron chi connectivity index (χ1n) is 12.5. The van der Waals surface area contributed by atoms with Crippen molar-refractivity contribution in [3.8, 4) is 0 Å². The fourth-order valence-corrected chi connectivity index (χ4v) is 8.00. The van der Waals surface area contributed by atoms with Gasteiger partial charge in [0.15, 0.2) is 0 Å². The topological polar surface area (TPSA) is 46.6 Å². The van der Waals surface area contributed by atoms with E-state index in [1.54, 1.807) is 5.57 Å². The Morgan fingerprint density at radius 2 is 1.83 bits per heavy atom. The predicted molar refractivity (Wildman–Crippen MR) is 117 cm³/mol. The molecule has 0 amide bonds. The van der Waals surface area contributed by atoms with Gasteiger partial charge in [-0.3, -0.25) is 9.59 Å². The molecule has 1 heterocycles. The zero-order chi connectivity index (χ0) is 20.9. The van der Waals surface area contributed by atoms with Crippen LogP contribution in [0.4, 0.5) is 0 Å². The standard InChI is InChI=1S/C26H39NO3/c1-25-12-9-19(30-24(29)11-16-27-14-3-4-15-27)17-18(25)5-6-20-21-7-8-23(28)26(21,2)13-10-22(20)25/h5,19-22H,3-4,6-17H2,1-2H3/t19-,20+,21+,22+,25-,26+/m0/s1. The Hall–Kier alpha value is -1.16. The summed E-state index contributed by atoms with van der Waals surface area (Å²) < 4.78 is 5.93. The summed E-state index contributed by atoms with van der Waals surface area (Å²) in [5, 5.41) is 0. The molecule has 0 radical (unpaired) electrons. The van der Waals surface area contributed by atoms with Crippen LogP contribution in [0, 0.1) is 28.6 Å². The number of ether oxygens (including phenoxy) is 1. The van der Waals surface area contributed by atoms with Crippen molar-refractivity contribution in [1.82, 2.24) is 4.90 Å². The number of hydrogen-bond donors (Lipinski definition) is 0. The van der Waals surface area contributed by atoms with Crippen LogP contribution in [-0.4, -0.2) is 42.4 Å². The van der Waals surface area contributed by atoms with Gasteiger partial charge in [-0.1, -0.05) is 25.5 Å². The highest BCUT2D eigenvalue weighted by atomic mass is 16.5. The lowest BCUT2D eigenvalue weighted by molar-refractivity contribution is -0.151. The van der Waals surface area contributed by atoms with E-state index in [4.69, 9.17) is 4.74 Å². The van der Waals surface area contributed by atoms with Crippen molar-refractivity contribution in [3.05, 3.63) is 11.6 Å². The average molecular weight is 414 g/mol. The molecule has 30 heavy (non-hydrogen) atoms. The third kappa shape index (κ3) is 3.38. The van der Waals surface area contributed by atoms with Crippen LogP contribution in [0.2, 0.25) is 0 Å². The lowest BCUT2D eigenvalue weighted by atomic mass is 9.48. The summed E-state index contributed by atoms with van der Waals surface area (Å²) in [5.41, 5.74) is 1.74. The molecule has 4 fully saturated rings. The van der Waals surface area contributed by atoms with Gasteiger partial charge in [0.05, 0.1) is 6.42 Å². The zero-order valence-corrected chi connectivity index (χ0v) is 19.0. The number of nitrogens with zero attached hydrogens (tertiary/aromatic N) is 1. The molecule has 4 aliphatic carbocycles. The van der Waals surface area contributed by atoms with Crippen molar-refractivity contribution in [2.45, 2.75) is 90.6 Å². The Bertz CT molecular complexity index is 739. The highest BCUT2D eigenvalue weighted by molar-refractivity contribution is 5.87. The van der Waals surface area contributed by atoms with Gasteiger partial charge in [0.1, 0.15) is 11.9 Å². The number of carbonyl (C=O) groups excluding carboxylic acids is 2. The Labute approximate surface area is 181 Å². The monoisotopic (exact) mass is 413 g/mol. The number of allylic oxidation sites excluding steroid dienone is 1. The number of likely N-dealkylation sites (tertiary alicyclic amines) is 1. The molecular weight excluding hydrogens is 374 g/mol. The van der Waals surface area contributed by atoms with Gasteiger partial charge in [-0.25, -0.2) is 0 Å². The molecule has 4 nitrogen and oxygen atoms in total. The largest absolute Gasteiger partial charge is 0.462 e. The smallest absolute Gasteiger partial charge is 0.307 e. The molecule has 3 saturated carbocycles. The summed E-state index contributed by atoms with van der Waals surface area (Å²) >= 11 is 0. The van der Waals surface area contributed by atoms with Crippen LogP contribution < -0.4 is 0 Å². The maximum Gasteiger partial charge on any atom is 0.307 e. The van der Waals surface area contributed by atoms with Crippen molar-refractivity contribution in [1.29, 1.82) is 0 Å². The van der Waals surface area contributed by atoms with E-state index in [1.807, 2.05) is 0 Å². The summed E-state index contributed by atoms with van der Waals surface area (Å²) in [4.78, 5) is 27.4. The maximum atomic E-state index is 12.6. The normalized spacial score (nSPS) is 43.5. The molecule has 0 spiro atoms. The number of fused-ring (bicyclic) bond motifs is 5. The van der Waals surface area contributed by atoms with Gasteiger partial charge < -0.3 is 9.64 Å². The molecule has 6 atom stereocenters. The van der Waals surface area contributed by atoms with Crippen LogP contribution in [0.5, 0.6) is 0 Å². The molecule has 0 N–H and O–H groups in total. The van der Waals surface area contributed by atoms with E-state index in [9.17, 15) is 9.59 Å². The molecule has 5 aliphatic rings. The van der Waals surface area contributed by atoms with Crippen molar-refractivity contribution in [2.24, 2.45) is 28.6 Å². The highest BCUT2D eigenvalue weighted by Crippen LogP contribution is 2.64. The molecule has 0 aromatic heterocycles. The lowest BCUT2D eigenvalue weighted by Gasteiger charge is -2.56. The van der Waals surface area contributed by atoms with Crippen molar-refractivity contribution >= 4 is 11.8 Å². The van der Waals surface area contributed by atoms with Crippen LogP contribution in [0.1, 0.15) is 84.5 Å². The van der Waals surface area contributed by atoms with Crippen molar-refractivity contribution in [2.75, 3.05) is 19.6 Å². The third-order valence-electron chi connectivity index (χ3n) is 9.90. The second kappa shape index (κ2) is 7.76. The molecule has 0 aromatic carbocycles. The Balaban J connectivity index is 1.22. The molecule has 1 saturated heterocycles. The Kier molecular flexibility index (Phi) is 5.36. The van der Waals surface area contributed by atoms with E-state index in [0.717, 1.165) is 64.6 Å². The van der Waals surface area contributed by atoms with E-state index in [0.29, 0.717) is 30.0 Å².